The second-order valence-electron chi connectivity index (χ2n) is 13.6. The molecule has 2 aliphatic carbocycles. The van der Waals surface area contributed by atoms with E-state index in [1.165, 1.54) is 13.2 Å². The first-order valence-corrected chi connectivity index (χ1v) is 17.2. The molecule has 3 aliphatic heterocycles. The largest absolute Gasteiger partial charge is 0.465 e. The summed E-state index contributed by atoms with van der Waals surface area (Å²) in [5.74, 6) is -2.18. The van der Waals surface area contributed by atoms with Gasteiger partial charge in [-0.25, -0.2) is 9.69 Å². The summed E-state index contributed by atoms with van der Waals surface area (Å²) in [7, 11) is 1.27. The predicted octanol–water partition coefficient (Wildman–Crippen LogP) is 6.12. The summed E-state index contributed by atoms with van der Waals surface area (Å²) >= 11 is 0. The first-order chi connectivity index (χ1) is 25.9. The first-order valence-electron chi connectivity index (χ1n) is 17.2. The lowest BCUT2D eigenvalue weighted by atomic mass is 9.59. The van der Waals surface area contributed by atoms with E-state index in [1.54, 1.807) is 30.3 Å². The number of esters is 1. The van der Waals surface area contributed by atoms with Crippen LogP contribution in [0.2, 0.25) is 0 Å². The molecule has 0 spiro atoms. The molecule has 0 radical (unpaired) electrons. The molecule has 5 aromatic rings. The molecular weight excluding hydrogens is 674 g/mol. The Morgan fingerprint density at radius 3 is 1.58 bits per heavy atom. The van der Waals surface area contributed by atoms with Gasteiger partial charge >= 0.3 is 5.97 Å². The number of Topliss-reactive ketones (excluding diaryl/α,β-unsaturated/α-hetero) is 1. The highest BCUT2D eigenvalue weighted by Gasteiger charge is 2.82. The van der Waals surface area contributed by atoms with Crippen molar-refractivity contribution in [2.24, 2.45) is 11.8 Å². The van der Waals surface area contributed by atoms with Crippen molar-refractivity contribution in [1.82, 2.24) is 0 Å². The minimum absolute atomic E-state index is 0.0425. The van der Waals surface area contributed by atoms with Gasteiger partial charge in [0.05, 0.1) is 41.0 Å². The van der Waals surface area contributed by atoms with Gasteiger partial charge in [-0.05, 0) is 75.9 Å². The van der Waals surface area contributed by atoms with Crippen LogP contribution >= 0.6 is 0 Å². The fraction of sp³-hybridized carbons (Fsp3) is 0.163. The quantitative estimate of drug-likeness (QED) is 0.152. The fourth-order valence-electron chi connectivity index (χ4n) is 9.37. The van der Waals surface area contributed by atoms with Crippen molar-refractivity contribution in [3.8, 4) is 23.0 Å². The number of carbonyl (C=O) groups excluding carboxylic acids is 4. The molecule has 0 unspecified atom stereocenters. The molecule has 2 amide bonds. The zero-order chi connectivity index (χ0) is 36.1. The number of allylic oxidation sites excluding steroid dienone is 2. The van der Waals surface area contributed by atoms with Gasteiger partial charge in [0, 0.05) is 0 Å². The van der Waals surface area contributed by atoms with Crippen LogP contribution in [0.15, 0.2) is 121 Å². The van der Waals surface area contributed by atoms with Crippen molar-refractivity contribution in [1.29, 1.82) is 0 Å². The molecular formula is C43H29NO9. The van der Waals surface area contributed by atoms with Crippen LogP contribution in [0, 0.1) is 11.8 Å². The molecule has 10 heteroatoms. The number of rotatable bonds is 6. The highest BCUT2D eigenvalue weighted by molar-refractivity contribution is 6.39. The van der Waals surface area contributed by atoms with Crippen molar-refractivity contribution >= 4 is 40.4 Å². The number of nitrogens with zero attached hydrogens (tertiary/aromatic N) is 1. The Morgan fingerprint density at radius 2 is 1.09 bits per heavy atom. The number of carbonyl (C=O) groups is 4. The number of methoxy groups -OCH3 is 1. The van der Waals surface area contributed by atoms with Crippen LogP contribution in [0.3, 0.4) is 0 Å². The van der Waals surface area contributed by atoms with Gasteiger partial charge in [-0.3, -0.25) is 14.4 Å². The van der Waals surface area contributed by atoms with Crippen LogP contribution in [0.1, 0.15) is 32.6 Å². The van der Waals surface area contributed by atoms with Gasteiger partial charge in [0.25, 0.3) is 0 Å². The van der Waals surface area contributed by atoms with Gasteiger partial charge in [-0.2, -0.15) is 0 Å². The summed E-state index contributed by atoms with van der Waals surface area (Å²) < 4.78 is 28.1. The zero-order valence-electron chi connectivity index (χ0n) is 28.2. The predicted molar refractivity (Wildman–Crippen MR) is 190 cm³/mol. The Kier molecular flexibility index (Phi) is 6.54. The van der Waals surface area contributed by atoms with E-state index in [-0.39, 0.29) is 30.6 Å². The summed E-state index contributed by atoms with van der Waals surface area (Å²) in [4.78, 5) is 60.7. The standard InChI is InChI=1S/C43H29NO9/c1-49-40(47)26-9-8-14-29(19-26)44-38(45)36-37(39(44)46)43(28-12-6-3-7-13-28)35(25-16-18-31-33(21-25)53-23-51-31)34(24-15-17-30-32(20-24)52-22-50-30)42(36,41(43)48)27-10-4-2-5-11-27/h2-21,36-37H,22-23H2,1H3/t36-,37-,42-,43-/m0/s1. The van der Waals surface area contributed by atoms with Crippen molar-refractivity contribution in [3.05, 3.63) is 149 Å². The summed E-state index contributed by atoms with van der Waals surface area (Å²) in [6, 6.07) is 35.7. The third kappa shape index (κ3) is 3.92. The SMILES string of the molecule is COC(=O)c1cccc(N2C(=O)[C@@H]3[C@@H](C2=O)[C@@]2(c4ccccc4)C(=O)[C@@]3(c3ccccc3)C(c3ccc4c(c3)OCO4)=C2c2ccc3c(c2)OCO3)c1. The van der Waals surface area contributed by atoms with Crippen molar-refractivity contribution in [2.75, 3.05) is 25.6 Å². The maximum Gasteiger partial charge on any atom is 0.337 e. The molecule has 5 aliphatic rings. The maximum atomic E-state index is 16.2. The minimum Gasteiger partial charge on any atom is -0.465 e. The molecule has 10 nitrogen and oxygen atoms in total. The van der Waals surface area contributed by atoms with Crippen LogP contribution in [0.4, 0.5) is 5.69 Å². The zero-order valence-corrected chi connectivity index (χ0v) is 28.2. The molecule has 1 saturated heterocycles. The number of ether oxygens (including phenoxy) is 5. The van der Waals surface area contributed by atoms with E-state index < -0.39 is 40.4 Å². The van der Waals surface area contributed by atoms with Gasteiger partial charge in [0.15, 0.2) is 28.8 Å². The normalized spacial score (nSPS) is 24.6. The lowest BCUT2D eigenvalue weighted by Crippen LogP contribution is -2.45. The second-order valence-corrected chi connectivity index (χ2v) is 13.6. The fourth-order valence-corrected chi connectivity index (χ4v) is 9.37. The summed E-state index contributed by atoms with van der Waals surface area (Å²) in [6.45, 7) is 0.0850. The molecule has 0 aromatic heterocycles. The van der Waals surface area contributed by atoms with Crippen LogP contribution < -0.4 is 23.8 Å². The molecule has 10 rings (SSSR count). The lowest BCUT2D eigenvalue weighted by Gasteiger charge is -2.39. The number of amides is 2. The minimum atomic E-state index is -1.65. The van der Waals surface area contributed by atoms with Gasteiger partial charge in [0.2, 0.25) is 25.4 Å². The molecule has 4 atom stereocenters. The number of imide groups is 1. The lowest BCUT2D eigenvalue weighted by molar-refractivity contribution is -0.130. The number of ketones is 1. The molecule has 2 fully saturated rings. The molecule has 2 bridgehead atoms. The average Bonchev–Trinajstić information content (AvgIpc) is 4.01. The van der Waals surface area contributed by atoms with Gasteiger partial charge in [0.1, 0.15) is 0 Å². The van der Waals surface area contributed by atoms with Gasteiger partial charge in [-0.15, -0.1) is 0 Å². The smallest absolute Gasteiger partial charge is 0.337 e. The van der Waals surface area contributed by atoms with Crippen LogP contribution in [-0.4, -0.2) is 44.3 Å². The van der Waals surface area contributed by atoms with E-state index in [4.69, 9.17) is 23.7 Å². The summed E-state index contributed by atoms with van der Waals surface area (Å²) in [5.41, 5.74) is 0.695. The van der Waals surface area contributed by atoms with E-state index in [0.717, 1.165) is 4.90 Å². The Bertz CT molecular complexity index is 2320. The van der Waals surface area contributed by atoms with E-state index in [9.17, 15) is 4.79 Å². The molecule has 1 saturated carbocycles. The monoisotopic (exact) mass is 703 g/mol. The number of hydrogen-bond acceptors (Lipinski definition) is 9. The van der Waals surface area contributed by atoms with Crippen LogP contribution in [0.25, 0.3) is 11.1 Å². The second kappa shape index (κ2) is 11.2. The van der Waals surface area contributed by atoms with Crippen LogP contribution in [-0.2, 0) is 30.0 Å². The highest BCUT2D eigenvalue weighted by Crippen LogP contribution is 2.74. The molecule has 0 N–H and O–H groups in total. The highest BCUT2D eigenvalue weighted by atomic mass is 16.7. The van der Waals surface area contributed by atoms with Crippen molar-refractivity contribution in [3.63, 3.8) is 0 Å². The first kappa shape index (κ1) is 31.1. The Morgan fingerprint density at radius 1 is 0.604 bits per heavy atom. The van der Waals surface area contributed by atoms with E-state index in [2.05, 4.69) is 0 Å². The van der Waals surface area contributed by atoms with Crippen molar-refractivity contribution in [2.45, 2.75) is 10.8 Å². The Hall–Kier alpha value is -6.68. The molecule has 260 valence electrons. The third-order valence-electron chi connectivity index (χ3n) is 11.3. The molecule has 3 heterocycles. The summed E-state index contributed by atoms with van der Waals surface area (Å²) in [5, 5.41) is 0. The van der Waals surface area contributed by atoms with E-state index >= 15 is 14.4 Å². The Labute approximate surface area is 303 Å². The number of hydrogen-bond donors (Lipinski definition) is 0. The molecule has 5 aromatic carbocycles. The maximum absolute atomic E-state index is 16.2. The van der Waals surface area contributed by atoms with E-state index in [0.29, 0.717) is 56.4 Å². The Balaban J connectivity index is 1.34. The summed E-state index contributed by atoms with van der Waals surface area (Å²) in [6.07, 6.45) is 0. The topological polar surface area (TPSA) is 118 Å². The number of anilines is 1. The van der Waals surface area contributed by atoms with E-state index in [1.807, 2.05) is 84.9 Å². The third-order valence-corrected chi connectivity index (χ3v) is 11.3. The van der Waals surface area contributed by atoms with Gasteiger partial charge < -0.3 is 23.7 Å². The molecule has 53 heavy (non-hydrogen) atoms. The van der Waals surface area contributed by atoms with Crippen molar-refractivity contribution < 1.29 is 42.9 Å². The van der Waals surface area contributed by atoms with Crippen LogP contribution in [0.5, 0.6) is 23.0 Å². The van der Waals surface area contributed by atoms with Gasteiger partial charge in [-0.1, -0.05) is 78.9 Å². The number of fused-ring (bicyclic) bond motifs is 7. The average molecular weight is 704 g/mol. The number of benzene rings is 5.